The lowest BCUT2D eigenvalue weighted by molar-refractivity contribution is 0.0452. The topological polar surface area (TPSA) is 68.3 Å². The van der Waals surface area contributed by atoms with Crippen LogP contribution in [0.25, 0.3) is 0 Å². The Morgan fingerprint density at radius 1 is 1.29 bits per heavy atom. The van der Waals surface area contributed by atoms with Gasteiger partial charge < -0.3 is 15.2 Å². The summed E-state index contributed by atoms with van der Waals surface area (Å²) in [6.07, 6.45) is 0. The number of benzene rings is 1. The van der Waals surface area contributed by atoms with Crippen LogP contribution in [0, 0.1) is 11.2 Å². The molecule has 1 aromatic carbocycles. The molecule has 94 valence electrons. The van der Waals surface area contributed by atoms with Gasteiger partial charge in [-0.15, -0.1) is 0 Å². The molecule has 1 aromatic rings. The molecule has 0 fully saturated rings. The molecule has 0 aromatic heterocycles. The monoisotopic (exact) mass is 240 g/mol. The van der Waals surface area contributed by atoms with E-state index < -0.39 is 5.82 Å². The van der Waals surface area contributed by atoms with Crippen molar-refractivity contribution in [2.45, 2.75) is 13.5 Å². The van der Waals surface area contributed by atoms with Gasteiger partial charge in [0.2, 0.25) is 0 Å². The van der Waals surface area contributed by atoms with E-state index >= 15 is 0 Å². The van der Waals surface area contributed by atoms with E-state index in [0.29, 0.717) is 30.9 Å². The van der Waals surface area contributed by atoms with Crippen LogP contribution >= 0.6 is 0 Å². The van der Waals surface area contributed by atoms with E-state index in [4.69, 9.17) is 20.6 Å². The molecule has 0 radical (unpaired) electrons. The second-order valence-electron chi connectivity index (χ2n) is 3.51. The molecule has 0 atom stereocenters. The number of rotatable bonds is 7. The Hall–Kier alpha value is -1.46. The average molecular weight is 240 g/mol. The lowest BCUT2D eigenvalue weighted by atomic mass is 10.1. The van der Waals surface area contributed by atoms with Gasteiger partial charge in [0.25, 0.3) is 0 Å². The number of ether oxygens (including phenoxy) is 2. The van der Waals surface area contributed by atoms with E-state index in [1.165, 1.54) is 12.1 Å². The average Bonchev–Trinajstić information content (AvgIpc) is 2.28. The van der Waals surface area contributed by atoms with Crippen LogP contribution in [0.3, 0.4) is 0 Å². The van der Waals surface area contributed by atoms with Gasteiger partial charge in [0.05, 0.1) is 19.8 Å². The van der Waals surface area contributed by atoms with Gasteiger partial charge >= 0.3 is 0 Å². The Kier molecular flexibility index (Phi) is 5.59. The third kappa shape index (κ3) is 4.93. The van der Waals surface area contributed by atoms with Crippen molar-refractivity contribution in [1.29, 1.82) is 5.41 Å². The molecule has 0 aliphatic heterocycles. The minimum atomic E-state index is -0.416. The summed E-state index contributed by atoms with van der Waals surface area (Å²) in [5.41, 5.74) is 6.33. The zero-order chi connectivity index (χ0) is 12.7. The first-order valence-corrected chi connectivity index (χ1v) is 5.43. The van der Waals surface area contributed by atoms with Crippen LogP contribution in [-0.2, 0) is 16.1 Å². The number of hydrogen-bond donors (Lipinski definition) is 2. The predicted octanol–water partition coefficient (Wildman–Crippen LogP) is 1.66. The Morgan fingerprint density at radius 2 is 2.00 bits per heavy atom. The molecule has 0 aliphatic rings. The van der Waals surface area contributed by atoms with Gasteiger partial charge in [-0.25, -0.2) is 4.39 Å². The number of nitrogens with two attached hydrogens (primary N) is 1. The summed E-state index contributed by atoms with van der Waals surface area (Å²) in [5.74, 6) is -0.568. The highest BCUT2D eigenvalue weighted by molar-refractivity contribution is 5.95. The van der Waals surface area contributed by atoms with E-state index in [2.05, 4.69) is 0 Å². The molecule has 0 saturated carbocycles. The van der Waals surface area contributed by atoms with Crippen molar-refractivity contribution < 1.29 is 13.9 Å². The van der Waals surface area contributed by atoms with Crippen molar-refractivity contribution in [3.05, 3.63) is 35.1 Å². The lowest BCUT2D eigenvalue weighted by Gasteiger charge is -2.06. The van der Waals surface area contributed by atoms with Gasteiger partial charge in [-0.2, -0.15) is 0 Å². The molecule has 5 heteroatoms. The van der Waals surface area contributed by atoms with E-state index in [1.807, 2.05) is 6.92 Å². The number of nitrogens with one attached hydrogen (secondary N) is 1. The molecule has 0 amide bonds. The highest BCUT2D eigenvalue weighted by atomic mass is 19.1. The highest BCUT2D eigenvalue weighted by Gasteiger charge is 2.03. The SMILES string of the molecule is CCOCCOCc1cc(F)cc(C(=N)N)c1. The normalized spacial score (nSPS) is 10.5. The van der Waals surface area contributed by atoms with Gasteiger partial charge in [-0.1, -0.05) is 0 Å². The van der Waals surface area contributed by atoms with Crippen molar-refractivity contribution >= 4 is 5.84 Å². The highest BCUT2D eigenvalue weighted by Crippen LogP contribution is 2.10. The summed E-state index contributed by atoms with van der Waals surface area (Å²) in [5, 5.41) is 7.25. The van der Waals surface area contributed by atoms with Crippen LogP contribution in [0.5, 0.6) is 0 Å². The van der Waals surface area contributed by atoms with Gasteiger partial charge in [0.15, 0.2) is 0 Å². The summed E-state index contributed by atoms with van der Waals surface area (Å²) in [4.78, 5) is 0. The molecule has 1 rings (SSSR count). The van der Waals surface area contributed by atoms with E-state index in [1.54, 1.807) is 6.07 Å². The summed E-state index contributed by atoms with van der Waals surface area (Å²) in [7, 11) is 0. The summed E-state index contributed by atoms with van der Waals surface area (Å²) < 4.78 is 23.6. The minimum absolute atomic E-state index is 0.153. The van der Waals surface area contributed by atoms with Crippen LogP contribution in [-0.4, -0.2) is 25.7 Å². The number of amidine groups is 1. The number of nitrogen functional groups attached to an aromatic ring is 1. The Balaban J connectivity index is 2.50. The summed E-state index contributed by atoms with van der Waals surface area (Å²) in [6, 6.07) is 4.24. The minimum Gasteiger partial charge on any atom is -0.384 e. The van der Waals surface area contributed by atoms with Crippen molar-refractivity contribution in [2.24, 2.45) is 5.73 Å². The maximum absolute atomic E-state index is 13.2. The quantitative estimate of drug-likeness (QED) is 0.432. The van der Waals surface area contributed by atoms with Crippen molar-refractivity contribution in [2.75, 3.05) is 19.8 Å². The Morgan fingerprint density at radius 3 is 2.65 bits per heavy atom. The molecule has 3 N–H and O–H groups in total. The molecule has 0 saturated heterocycles. The first kappa shape index (κ1) is 13.6. The zero-order valence-electron chi connectivity index (χ0n) is 9.83. The van der Waals surface area contributed by atoms with Gasteiger partial charge in [-0.3, -0.25) is 5.41 Å². The van der Waals surface area contributed by atoms with Crippen molar-refractivity contribution in [3.63, 3.8) is 0 Å². The number of halogens is 1. The Labute approximate surface area is 100 Å². The third-order valence-corrected chi connectivity index (χ3v) is 2.11. The Bertz CT molecular complexity index is 383. The molecule has 0 heterocycles. The first-order chi connectivity index (χ1) is 8.13. The molecule has 17 heavy (non-hydrogen) atoms. The first-order valence-electron chi connectivity index (χ1n) is 5.43. The smallest absolute Gasteiger partial charge is 0.124 e. The largest absolute Gasteiger partial charge is 0.384 e. The van der Waals surface area contributed by atoms with Crippen LogP contribution in [0.4, 0.5) is 4.39 Å². The third-order valence-electron chi connectivity index (χ3n) is 2.11. The van der Waals surface area contributed by atoms with E-state index in [0.717, 1.165) is 0 Å². The maximum Gasteiger partial charge on any atom is 0.124 e. The molecule has 0 bridgehead atoms. The fraction of sp³-hybridized carbons (Fsp3) is 0.417. The summed E-state index contributed by atoms with van der Waals surface area (Å²) in [6.45, 7) is 3.82. The van der Waals surface area contributed by atoms with E-state index in [9.17, 15) is 4.39 Å². The van der Waals surface area contributed by atoms with E-state index in [-0.39, 0.29) is 12.4 Å². The van der Waals surface area contributed by atoms with Crippen LogP contribution < -0.4 is 5.73 Å². The molecule has 0 unspecified atom stereocenters. The van der Waals surface area contributed by atoms with Gasteiger partial charge in [0.1, 0.15) is 11.7 Å². The van der Waals surface area contributed by atoms with Gasteiger partial charge in [-0.05, 0) is 30.7 Å². The zero-order valence-corrected chi connectivity index (χ0v) is 9.83. The maximum atomic E-state index is 13.2. The fourth-order valence-electron chi connectivity index (χ4n) is 1.34. The van der Waals surface area contributed by atoms with Crippen LogP contribution in [0.2, 0.25) is 0 Å². The molecular formula is C12H17FN2O2. The molecule has 0 spiro atoms. The van der Waals surface area contributed by atoms with Crippen molar-refractivity contribution in [3.8, 4) is 0 Å². The standard InChI is InChI=1S/C12H17FN2O2/c1-2-16-3-4-17-8-9-5-10(12(14)15)7-11(13)6-9/h5-7H,2-4,8H2,1H3,(H3,14,15). The van der Waals surface area contributed by atoms with Gasteiger partial charge in [0, 0.05) is 12.2 Å². The molecule has 0 aliphatic carbocycles. The lowest BCUT2D eigenvalue weighted by Crippen LogP contribution is -2.12. The van der Waals surface area contributed by atoms with Crippen LogP contribution in [0.15, 0.2) is 18.2 Å². The fourth-order valence-corrected chi connectivity index (χ4v) is 1.34. The molecular weight excluding hydrogens is 223 g/mol. The second kappa shape index (κ2) is 6.98. The predicted molar refractivity (Wildman–Crippen MR) is 63.6 cm³/mol. The summed E-state index contributed by atoms with van der Waals surface area (Å²) >= 11 is 0. The van der Waals surface area contributed by atoms with Crippen molar-refractivity contribution in [1.82, 2.24) is 0 Å². The van der Waals surface area contributed by atoms with Crippen LogP contribution in [0.1, 0.15) is 18.1 Å². The second-order valence-corrected chi connectivity index (χ2v) is 3.51. The molecule has 4 nitrogen and oxygen atoms in total. The number of hydrogen-bond acceptors (Lipinski definition) is 3.